The van der Waals surface area contributed by atoms with E-state index in [-0.39, 0.29) is 0 Å². The Morgan fingerprint density at radius 2 is 1.89 bits per heavy atom. The Labute approximate surface area is 115 Å². The highest BCUT2D eigenvalue weighted by atomic mass is 16.5. The SMILES string of the molecule is C1CCC(c2noc(CCC3CCCCN3)n2)CC1. The molecule has 3 rings (SSSR count). The lowest BCUT2D eigenvalue weighted by molar-refractivity contribution is 0.335. The van der Waals surface area contributed by atoms with Gasteiger partial charge >= 0.3 is 0 Å². The highest BCUT2D eigenvalue weighted by Crippen LogP contribution is 2.30. The molecule has 1 unspecified atom stereocenters. The molecule has 2 aliphatic rings. The molecule has 0 spiro atoms. The van der Waals surface area contributed by atoms with Gasteiger partial charge < -0.3 is 9.84 Å². The lowest BCUT2D eigenvalue weighted by Gasteiger charge is -2.22. The Balaban J connectivity index is 1.49. The highest BCUT2D eigenvalue weighted by molar-refractivity contribution is 4.97. The Morgan fingerprint density at radius 1 is 1.05 bits per heavy atom. The Hall–Kier alpha value is -0.900. The normalized spacial score (nSPS) is 25.6. The quantitative estimate of drug-likeness (QED) is 0.906. The van der Waals surface area contributed by atoms with Crippen molar-refractivity contribution in [1.29, 1.82) is 0 Å². The Morgan fingerprint density at radius 3 is 2.68 bits per heavy atom. The van der Waals surface area contributed by atoms with Crippen molar-refractivity contribution in [3.8, 4) is 0 Å². The maximum atomic E-state index is 5.42. The third-order valence-electron chi connectivity index (χ3n) is 4.57. The molecule has 1 saturated carbocycles. The van der Waals surface area contributed by atoms with Crippen LogP contribution in [0.5, 0.6) is 0 Å². The summed E-state index contributed by atoms with van der Waals surface area (Å²) in [6.07, 6.45) is 12.5. The van der Waals surface area contributed by atoms with Crippen LogP contribution in [0, 0.1) is 0 Å². The van der Waals surface area contributed by atoms with Crippen molar-refractivity contribution in [3.63, 3.8) is 0 Å². The molecule has 0 bridgehead atoms. The van der Waals surface area contributed by atoms with Crippen molar-refractivity contribution in [1.82, 2.24) is 15.5 Å². The lowest BCUT2D eigenvalue weighted by Crippen LogP contribution is -2.34. The van der Waals surface area contributed by atoms with Crippen LogP contribution >= 0.6 is 0 Å². The van der Waals surface area contributed by atoms with Crippen LogP contribution in [0.15, 0.2) is 4.52 Å². The van der Waals surface area contributed by atoms with E-state index < -0.39 is 0 Å². The summed E-state index contributed by atoms with van der Waals surface area (Å²) in [6, 6.07) is 0.652. The molecular formula is C15H25N3O. The Kier molecular flexibility index (Phi) is 4.49. The van der Waals surface area contributed by atoms with Crippen molar-refractivity contribution in [2.45, 2.75) is 76.2 Å². The van der Waals surface area contributed by atoms with Crippen LogP contribution in [0.1, 0.15) is 75.4 Å². The van der Waals surface area contributed by atoms with Gasteiger partial charge in [0.25, 0.3) is 0 Å². The standard InChI is InChI=1S/C15H25N3O/c1-2-6-12(7-3-1)15-17-14(19-18-15)10-9-13-8-4-5-11-16-13/h12-13,16H,1-11H2. The predicted octanol–water partition coefficient (Wildman–Crippen LogP) is 3.19. The van der Waals surface area contributed by atoms with Gasteiger partial charge in [-0.1, -0.05) is 30.8 Å². The first-order valence-electron chi connectivity index (χ1n) is 7.97. The zero-order valence-electron chi connectivity index (χ0n) is 11.7. The number of nitrogens with zero attached hydrogens (tertiary/aromatic N) is 2. The van der Waals surface area contributed by atoms with E-state index in [4.69, 9.17) is 4.52 Å². The van der Waals surface area contributed by atoms with Gasteiger partial charge in [0, 0.05) is 18.4 Å². The van der Waals surface area contributed by atoms with Gasteiger partial charge in [-0.3, -0.25) is 0 Å². The molecule has 1 saturated heterocycles. The smallest absolute Gasteiger partial charge is 0.226 e. The van der Waals surface area contributed by atoms with Gasteiger partial charge in [-0.2, -0.15) is 4.98 Å². The summed E-state index contributed by atoms with van der Waals surface area (Å²) >= 11 is 0. The molecule has 1 N–H and O–H groups in total. The molecule has 2 heterocycles. The van der Waals surface area contributed by atoms with Gasteiger partial charge in [0.1, 0.15) is 0 Å². The lowest BCUT2D eigenvalue weighted by atomic mass is 9.89. The molecule has 106 valence electrons. The molecule has 0 amide bonds. The van der Waals surface area contributed by atoms with Crippen molar-refractivity contribution in [2.24, 2.45) is 0 Å². The molecule has 1 atom stereocenters. The van der Waals surface area contributed by atoms with Crippen LogP contribution in [0.2, 0.25) is 0 Å². The van der Waals surface area contributed by atoms with E-state index in [0.717, 1.165) is 24.6 Å². The molecule has 1 aromatic rings. The predicted molar refractivity (Wildman–Crippen MR) is 74.1 cm³/mol. The molecule has 19 heavy (non-hydrogen) atoms. The summed E-state index contributed by atoms with van der Waals surface area (Å²) in [5.74, 6) is 2.36. The molecule has 0 aromatic carbocycles. The number of hydrogen-bond acceptors (Lipinski definition) is 4. The van der Waals surface area contributed by atoms with Crippen molar-refractivity contribution in [3.05, 3.63) is 11.7 Å². The number of aromatic nitrogens is 2. The first-order valence-corrected chi connectivity index (χ1v) is 7.97. The minimum atomic E-state index is 0.555. The van der Waals surface area contributed by atoms with Gasteiger partial charge in [0.15, 0.2) is 5.82 Å². The summed E-state index contributed by atoms with van der Waals surface area (Å²) in [7, 11) is 0. The topological polar surface area (TPSA) is 51.0 Å². The first-order chi connectivity index (χ1) is 9.42. The van der Waals surface area contributed by atoms with E-state index in [2.05, 4.69) is 15.5 Å². The minimum absolute atomic E-state index is 0.555. The van der Waals surface area contributed by atoms with Crippen LogP contribution in [-0.2, 0) is 6.42 Å². The van der Waals surface area contributed by atoms with E-state index in [1.165, 1.54) is 57.9 Å². The zero-order valence-corrected chi connectivity index (χ0v) is 11.7. The number of piperidine rings is 1. The molecule has 1 aliphatic carbocycles. The minimum Gasteiger partial charge on any atom is -0.339 e. The summed E-state index contributed by atoms with van der Waals surface area (Å²) in [5, 5.41) is 7.77. The number of rotatable bonds is 4. The maximum Gasteiger partial charge on any atom is 0.226 e. The Bertz CT molecular complexity index is 378. The second-order valence-electron chi connectivity index (χ2n) is 6.07. The van der Waals surface area contributed by atoms with Gasteiger partial charge in [-0.25, -0.2) is 0 Å². The third-order valence-corrected chi connectivity index (χ3v) is 4.57. The summed E-state index contributed by atoms with van der Waals surface area (Å²) in [6.45, 7) is 1.17. The highest BCUT2D eigenvalue weighted by Gasteiger charge is 2.21. The maximum absolute atomic E-state index is 5.42. The largest absolute Gasteiger partial charge is 0.339 e. The van der Waals surface area contributed by atoms with E-state index in [1.807, 2.05) is 0 Å². The monoisotopic (exact) mass is 263 g/mol. The van der Waals surface area contributed by atoms with E-state index in [1.54, 1.807) is 0 Å². The fourth-order valence-corrected chi connectivity index (χ4v) is 3.36. The van der Waals surface area contributed by atoms with E-state index >= 15 is 0 Å². The van der Waals surface area contributed by atoms with Gasteiger partial charge in [0.05, 0.1) is 0 Å². The zero-order chi connectivity index (χ0) is 12.9. The van der Waals surface area contributed by atoms with Crippen LogP contribution in [0.4, 0.5) is 0 Å². The average molecular weight is 263 g/mol. The second kappa shape index (κ2) is 6.51. The number of nitrogens with one attached hydrogen (secondary N) is 1. The van der Waals surface area contributed by atoms with Gasteiger partial charge in [0.2, 0.25) is 5.89 Å². The number of aryl methyl sites for hydroxylation is 1. The van der Waals surface area contributed by atoms with Gasteiger partial charge in [-0.15, -0.1) is 0 Å². The molecule has 0 radical (unpaired) electrons. The average Bonchev–Trinajstić information content (AvgIpc) is 2.96. The molecule has 2 fully saturated rings. The van der Waals surface area contributed by atoms with Crippen LogP contribution in [0.3, 0.4) is 0 Å². The van der Waals surface area contributed by atoms with Crippen molar-refractivity contribution in [2.75, 3.05) is 6.54 Å². The molecule has 1 aromatic heterocycles. The van der Waals surface area contributed by atoms with E-state index in [0.29, 0.717) is 12.0 Å². The summed E-state index contributed by atoms with van der Waals surface area (Å²) in [5.41, 5.74) is 0. The van der Waals surface area contributed by atoms with Crippen molar-refractivity contribution < 1.29 is 4.52 Å². The first kappa shape index (κ1) is 13.1. The van der Waals surface area contributed by atoms with E-state index in [9.17, 15) is 0 Å². The second-order valence-corrected chi connectivity index (χ2v) is 6.07. The molecule has 4 nitrogen and oxygen atoms in total. The molecule has 1 aliphatic heterocycles. The fraction of sp³-hybridized carbons (Fsp3) is 0.867. The van der Waals surface area contributed by atoms with Crippen molar-refractivity contribution >= 4 is 0 Å². The van der Waals surface area contributed by atoms with Crippen LogP contribution in [-0.4, -0.2) is 22.7 Å². The van der Waals surface area contributed by atoms with Gasteiger partial charge in [-0.05, 0) is 38.6 Å². The third kappa shape index (κ3) is 3.56. The summed E-state index contributed by atoms with van der Waals surface area (Å²) in [4.78, 5) is 4.61. The van der Waals surface area contributed by atoms with Crippen LogP contribution < -0.4 is 5.32 Å². The molecular weight excluding hydrogens is 238 g/mol. The van der Waals surface area contributed by atoms with Crippen LogP contribution in [0.25, 0.3) is 0 Å². The summed E-state index contributed by atoms with van der Waals surface area (Å²) < 4.78 is 5.42. The fourth-order valence-electron chi connectivity index (χ4n) is 3.36. The number of hydrogen-bond donors (Lipinski definition) is 1. The molecule has 4 heteroatoms.